The van der Waals surface area contributed by atoms with Crippen molar-refractivity contribution in [3.8, 4) is 17.0 Å². The van der Waals surface area contributed by atoms with Crippen molar-refractivity contribution in [2.24, 2.45) is 0 Å². The highest BCUT2D eigenvalue weighted by molar-refractivity contribution is 6.07. The highest BCUT2D eigenvalue weighted by Gasteiger charge is 2.18. The van der Waals surface area contributed by atoms with Crippen molar-refractivity contribution in [1.82, 2.24) is 14.9 Å². The summed E-state index contributed by atoms with van der Waals surface area (Å²) in [4.78, 5) is 23.7. The summed E-state index contributed by atoms with van der Waals surface area (Å²) in [6.45, 7) is -2.56. The van der Waals surface area contributed by atoms with Gasteiger partial charge in [-0.25, -0.2) is 4.98 Å². The molecule has 156 valence electrons. The molecule has 0 unspecified atom stereocenters. The number of hydrogen-bond donors (Lipinski definition) is 0. The third-order valence-electron chi connectivity index (χ3n) is 4.82. The van der Waals surface area contributed by atoms with Gasteiger partial charge >= 0.3 is 6.61 Å². The van der Waals surface area contributed by atoms with Crippen LogP contribution in [-0.2, 0) is 6.54 Å². The monoisotopic (exact) mass is 419 g/mol. The Morgan fingerprint density at radius 1 is 1.06 bits per heavy atom. The first-order valence-corrected chi connectivity index (χ1v) is 9.60. The van der Waals surface area contributed by atoms with Gasteiger partial charge in [-0.3, -0.25) is 9.78 Å². The number of aromatic nitrogens is 2. The number of fused-ring (bicyclic) bond motifs is 1. The normalized spacial score (nSPS) is 11.0. The van der Waals surface area contributed by atoms with E-state index in [2.05, 4.69) is 14.7 Å². The summed E-state index contributed by atoms with van der Waals surface area (Å²) in [5, 5.41) is 0.757. The smallest absolute Gasteiger partial charge is 0.387 e. The molecule has 0 atom stereocenters. The molecule has 4 aromatic rings. The predicted octanol–water partition coefficient (Wildman–Crippen LogP) is 5.17. The summed E-state index contributed by atoms with van der Waals surface area (Å²) < 4.78 is 29.0. The Morgan fingerprint density at radius 2 is 1.84 bits per heavy atom. The van der Waals surface area contributed by atoms with Gasteiger partial charge in [0.1, 0.15) is 5.75 Å². The van der Waals surface area contributed by atoms with Crippen molar-refractivity contribution in [2.75, 3.05) is 7.05 Å². The fraction of sp³-hybridized carbons (Fsp3) is 0.125. The lowest BCUT2D eigenvalue weighted by Gasteiger charge is -2.19. The quantitative estimate of drug-likeness (QED) is 0.433. The maximum atomic E-state index is 13.3. The second kappa shape index (κ2) is 8.87. The summed E-state index contributed by atoms with van der Waals surface area (Å²) in [7, 11) is 1.70. The van der Waals surface area contributed by atoms with Crippen molar-refractivity contribution in [3.63, 3.8) is 0 Å². The molecule has 0 fully saturated rings. The zero-order valence-electron chi connectivity index (χ0n) is 16.7. The molecule has 0 aliphatic heterocycles. The predicted molar refractivity (Wildman–Crippen MR) is 114 cm³/mol. The van der Waals surface area contributed by atoms with E-state index in [0.717, 1.165) is 16.5 Å². The van der Waals surface area contributed by atoms with Gasteiger partial charge in [0, 0.05) is 36.9 Å². The molecule has 0 radical (unpaired) electrons. The molecular formula is C24H19F2N3O2. The van der Waals surface area contributed by atoms with Gasteiger partial charge in [-0.15, -0.1) is 0 Å². The topological polar surface area (TPSA) is 55.3 Å². The molecule has 0 aliphatic carbocycles. The van der Waals surface area contributed by atoms with E-state index in [-0.39, 0.29) is 11.7 Å². The number of rotatable bonds is 6. The number of pyridine rings is 2. The number of amides is 1. The van der Waals surface area contributed by atoms with Crippen molar-refractivity contribution in [2.45, 2.75) is 13.2 Å². The molecule has 31 heavy (non-hydrogen) atoms. The molecule has 1 amide bonds. The SMILES string of the molecule is CN(Cc1ccc(OC(F)F)cc1)C(=O)c1cc(-c2cccnc2)nc2ccccc12. The Balaban J connectivity index is 1.63. The summed E-state index contributed by atoms with van der Waals surface area (Å²) >= 11 is 0. The van der Waals surface area contributed by atoms with E-state index >= 15 is 0 Å². The second-order valence-corrected chi connectivity index (χ2v) is 7.00. The largest absolute Gasteiger partial charge is 0.435 e. The molecule has 5 nitrogen and oxygen atoms in total. The fourth-order valence-electron chi connectivity index (χ4n) is 3.34. The summed E-state index contributed by atoms with van der Waals surface area (Å²) in [5.74, 6) is -0.0920. The number of benzene rings is 2. The number of nitrogens with zero attached hydrogens (tertiary/aromatic N) is 3. The van der Waals surface area contributed by atoms with Crippen molar-refractivity contribution in [3.05, 3.63) is 90.3 Å². The zero-order chi connectivity index (χ0) is 21.8. The molecule has 2 heterocycles. The number of carbonyl (C=O) groups excluding carboxylic acids is 1. The third kappa shape index (κ3) is 4.66. The van der Waals surface area contributed by atoms with E-state index in [1.54, 1.807) is 42.5 Å². The zero-order valence-corrected chi connectivity index (χ0v) is 16.7. The summed E-state index contributed by atoms with van der Waals surface area (Å²) in [6.07, 6.45) is 3.39. The first-order chi connectivity index (χ1) is 15.0. The Morgan fingerprint density at radius 3 is 2.55 bits per heavy atom. The number of hydrogen-bond acceptors (Lipinski definition) is 4. The maximum Gasteiger partial charge on any atom is 0.387 e. The van der Waals surface area contributed by atoms with Crippen molar-refractivity contribution >= 4 is 16.8 Å². The van der Waals surface area contributed by atoms with E-state index in [1.807, 2.05) is 36.4 Å². The lowest BCUT2D eigenvalue weighted by molar-refractivity contribution is -0.0498. The number of halogens is 2. The Kier molecular flexibility index (Phi) is 5.84. The van der Waals surface area contributed by atoms with Gasteiger partial charge in [-0.2, -0.15) is 8.78 Å². The number of alkyl halides is 2. The van der Waals surface area contributed by atoms with Crippen molar-refractivity contribution < 1.29 is 18.3 Å². The molecule has 2 aromatic heterocycles. The Hall–Kier alpha value is -3.87. The molecule has 0 N–H and O–H groups in total. The molecule has 0 spiro atoms. The Labute approximate surface area is 177 Å². The van der Waals surface area contributed by atoms with E-state index in [0.29, 0.717) is 23.3 Å². The van der Waals surface area contributed by atoms with Gasteiger partial charge in [-0.1, -0.05) is 30.3 Å². The van der Waals surface area contributed by atoms with Crippen LogP contribution in [0.25, 0.3) is 22.2 Å². The maximum absolute atomic E-state index is 13.3. The van der Waals surface area contributed by atoms with E-state index in [4.69, 9.17) is 0 Å². The highest BCUT2D eigenvalue weighted by atomic mass is 19.3. The minimum absolute atomic E-state index is 0.0777. The fourth-order valence-corrected chi connectivity index (χ4v) is 3.34. The Bertz CT molecular complexity index is 1200. The van der Waals surface area contributed by atoms with Gasteiger partial charge < -0.3 is 9.64 Å². The number of carbonyl (C=O) groups is 1. The van der Waals surface area contributed by atoms with Gasteiger partial charge in [0.25, 0.3) is 5.91 Å². The highest BCUT2D eigenvalue weighted by Crippen LogP contribution is 2.26. The average Bonchev–Trinajstić information content (AvgIpc) is 2.79. The lowest BCUT2D eigenvalue weighted by atomic mass is 10.0. The van der Waals surface area contributed by atoms with Crippen LogP contribution in [0.2, 0.25) is 0 Å². The van der Waals surface area contributed by atoms with Crippen LogP contribution in [0.3, 0.4) is 0 Å². The summed E-state index contributed by atoms with van der Waals surface area (Å²) in [5.41, 5.74) is 3.53. The first kappa shape index (κ1) is 20.4. The lowest BCUT2D eigenvalue weighted by Crippen LogP contribution is -2.26. The van der Waals surface area contributed by atoms with Crippen LogP contribution >= 0.6 is 0 Å². The van der Waals surface area contributed by atoms with Gasteiger partial charge in [0.2, 0.25) is 0 Å². The summed E-state index contributed by atoms with van der Waals surface area (Å²) in [6, 6.07) is 19.2. The molecule has 7 heteroatoms. The van der Waals surface area contributed by atoms with Crippen LogP contribution in [0, 0.1) is 0 Å². The molecular weight excluding hydrogens is 400 g/mol. The molecule has 0 saturated carbocycles. The van der Waals surface area contributed by atoms with Crippen LogP contribution in [0.4, 0.5) is 8.78 Å². The molecule has 2 aromatic carbocycles. The third-order valence-corrected chi connectivity index (χ3v) is 4.82. The molecule has 0 saturated heterocycles. The van der Waals surface area contributed by atoms with Gasteiger partial charge in [0.05, 0.1) is 16.8 Å². The van der Waals surface area contributed by atoms with Crippen LogP contribution in [-0.4, -0.2) is 34.4 Å². The average molecular weight is 419 g/mol. The van der Waals surface area contributed by atoms with Gasteiger partial charge in [0.15, 0.2) is 0 Å². The molecule has 0 bridgehead atoms. The second-order valence-electron chi connectivity index (χ2n) is 7.00. The van der Waals surface area contributed by atoms with Crippen LogP contribution in [0.1, 0.15) is 15.9 Å². The first-order valence-electron chi connectivity index (χ1n) is 9.60. The van der Waals surface area contributed by atoms with Crippen molar-refractivity contribution in [1.29, 1.82) is 0 Å². The van der Waals surface area contributed by atoms with Crippen LogP contribution in [0.15, 0.2) is 79.1 Å². The van der Waals surface area contributed by atoms with E-state index < -0.39 is 6.61 Å². The molecule has 4 rings (SSSR count). The van der Waals surface area contributed by atoms with E-state index in [9.17, 15) is 13.6 Å². The van der Waals surface area contributed by atoms with E-state index in [1.165, 1.54) is 12.1 Å². The van der Waals surface area contributed by atoms with Gasteiger partial charge in [-0.05, 0) is 42.0 Å². The van der Waals surface area contributed by atoms with Crippen LogP contribution in [0.5, 0.6) is 5.75 Å². The number of para-hydroxylation sites is 1. The standard InChI is InChI=1S/C24H19F2N3O2/c1-29(15-16-8-10-18(11-9-16)31-24(25)26)23(30)20-13-22(17-5-4-12-27-14-17)28-21-7-3-2-6-19(20)21/h2-14,24H,15H2,1H3. The minimum atomic E-state index is -2.87. The number of ether oxygens (including phenoxy) is 1. The molecule has 0 aliphatic rings. The van der Waals surface area contributed by atoms with Crippen LogP contribution < -0.4 is 4.74 Å². The minimum Gasteiger partial charge on any atom is -0.435 e.